The van der Waals surface area contributed by atoms with Crippen LogP contribution >= 0.6 is 27.3 Å². The number of pyridine rings is 1. The van der Waals surface area contributed by atoms with E-state index in [1.165, 1.54) is 18.4 Å². The number of aromatic nitrogens is 2. The Bertz CT molecular complexity index is 497. The van der Waals surface area contributed by atoms with Crippen LogP contribution in [-0.2, 0) is 4.74 Å². The van der Waals surface area contributed by atoms with Gasteiger partial charge in [-0.05, 0) is 22.0 Å². The minimum atomic E-state index is -0.448. The predicted octanol–water partition coefficient (Wildman–Crippen LogP) is 2.24. The molecular weight excluding hydrogens is 268 g/mol. The molecule has 0 unspecified atom stereocenters. The van der Waals surface area contributed by atoms with Crippen molar-refractivity contribution in [1.29, 1.82) is 0 Å². The molecule has 0 spiro atoms. The summed E-state index contributed by atoms with van der Waals surface area (Å²) in [6.45, 7) is 0. The summed E-state index contributed by atoms with van der Waals surface area (Å²) in [4.78, 5) is 19.3. The van der Waals surface area contributed by atoms with E-state index in [-0.39, 0.29) is 5.69 Å². The summed E-state index contributed by atoms with van der Waals surface area (Å²) in [6, 6.07) is 1.61. The molecule has 0 radical (unpaired) electrons. The first-order valence-electron chi connectivity index (χ1n) is 3.71. The standard InChI is InChI=1S/C8H5BrN2O2S/c1-13-7(12)5-2-4-6(3-10-5)14-8(9)11-4/h2-3H,1H3. The first-order valence-corrected chi connectivity index (χ1v) is 5.32. The van der Waals surface area contributed by atoms with E-state index < -0.39 is 5.97 Å². The molecule has 0 aliphatic heterocycles. The number of ether oxygens (including phenoxy) is 1. The van der Waals surface area contributed by atoms with E-state index in [0.717, 1.165) is 14.1 Å². The number of thiazole rings is 1. The molecule has 0 saturated heterocycles. The summed E-state index contributed by atoms with van der Waals surface area (Å²) in [6.07, 6.45) is 1.62. The normalized spacial score (nSPS) is 10.4. The van der Waals surface area contributed by atoms with E-state index >= 15 is 0 Å². The van der Waals surface area contributed by atoms with E-state index in [0.29, 0.717) is 0 Å². The smallest absolute Gasteiger partial charge is 0.356 e. The zero-order chi connectivity index (χ0) is 10.1. The van der Waals surface area contributed by atoms with Crippen LogP contribution in [0, 0.1) is 0 Å². The average Bonchev–Trinajstić information content (AvgIpc) is 2.55. The number of nitrogens with zero attached hydrogens (tertiary/aromatic N) is 2. The second-order valence-electron chi connectivity index (χ2n) is 2.50. The molecule has 0 amide bonds. The fourth-order valence-electron chi connectivity index (χ4n) is 1.02. The fourth-order valence-corrected chi connectivity index (χ4v) is 2.38. The lowest BCUT2D eigenvalue weighted by Gasteiger charge is -1.96. The van der Waals surface area contributed by atoms with E-state index in [2.05, 4.69) is 30.6 Å². The number of carbonyl (C=O) groups is 1. The number of rotatable bonds is 1. The lowest BCUT2D eigenvalue weighted by atomic mass is 10.3. The van der Waals surface area contributed by atoms with Gasteiger partial charge in [0.05, 0.1) is 17.3 Å². The minimum Gasteiger partial charge on any atom is -0.464 e. The third-order valence-corrected chi connectivity index (χ3v) is 3.10. The molecule has 0 fully saturated rings. The highest BCUT2D eigenvalue weighted by atomic mass is 79.9. The van der Waals surface area contributed by atoms with Gasteiger partial charge >= 0.3 is 5.97 Å². The van der Waals surface area contributed by atoms with E-state index in [1.54, 1.807) is 12.3 Å². The molecule has 0 aromatic carbocycles. The Hall–Kier alpha value is -1.01. The first-order chi connectivity index (χ1) is 6.70. The highest BCUT2D eigenvalue weighted by Gasteiger charge is 2.09. The maximum Gasteiger partial charge on any atom is 0.356 e. The van der Waals surface area contributed by atoms with Crippen LogP contribution in [0.5, 0.6) is 0 Å². The molecule has 14 heavy (non-hydrogen) atoms. The zero-order valence-corrected chi connectivity index (χ0v) is 9.55. The molecule has 0 atom stereocenters. The van der Waals surface area contributed by atoms with Crippen molar-refractivity contribution in [1.82, 2.24) is 9.97 Å². The van der Waals surface area contributed by atoms with Crippen molar-refractivity contribution in [2.24, 2.45) is 0 Å². The third kappa shape index (κ3) is 1.62. The van der Waals surface area contributed by atoms with Crippen molar-refractivity contribution in [3.05, 3.63) is 21.9 Å². The molecule has 0 bridgehead atoms. The number of methoxy groups -OCH3 is 1. The van der Waals surface area contributed by atoms with Gasteiger partial charge in [0.15, 0.2) is 9.61 Å². The van der Waals surface area contributed by atoms with Crippen LogP contribution in [-0.4, -0.2) is 23.0 Å². The number of fused-ring (bicyclic) bond motifs is 1. The van der Waals surface area contributed by atoms with Gasteiger partial charge in [0.2, 0.25) is 0 Å². The fraction of sp³-hybridized carbons (Fsp3) is 0.125. The number of hydrogen-bond acceptors (Lipinski definition) is 5. The maximum absolute atomic E-state index is 11.1. The van der Waals surface area contributed by atoms with Gasteiger partial charge in [0.25, 0.3) is 0 Å². The van der Waals surface area contributed by atoms with Crippen LogP contribution in [0.3, 0.4) is 0 Å². The Morgan fingerprint density at radius 2 is 2.43 bits per heavy atom. The van der Waals surface area contributed by atoms with E-state index in [9.17, 15) is 4.79 Å². The maximum atomic E-state index is 11.1. The van der Waals surface area contributed by atoms with Gasteiger partial charge in [-0.3, -0.25) is 0 Å². The molecule has 0 aliphatic carbocycles. The zero-order valence-electron chi connectivity index (χ0n) is 7.15. The minimum absolute atomic E-state index is 0.276. The predicted molar refractivity (Wildman–Crippen MR) is 56.5 cm³/mol. The van der Waals surface area contributed by atoms with Gasteiger partial charge in [-0.2, -0.15) is 0 Å². The Morgan fingerprint density at radius 3 is 3.14 bits per heavy atom. The second kappa shape index (κ2) is 3.62. The topological polar surface area (TPSA) is 52.1 Å². The summed E-state index contributed by atoms with van der Waals surface area (Å²) in [5.41, 5.74) is 1.02. The lowest BCUT2D eigenvalue weighted by molar-refractivity contribution is 0.0594. The number of carbonyl (C=O) groups excluding carboxylic acids is 1. The van der Waals surface area contributed by atoms with Gasteiger partial charge in [-0.25, -0.2) is 14.8 Å². The Morgan fingerprint density at radius 1 is 1.64 bits per heavy atom. The molecule has 0 aliphatic rings. The molecule has 72 valence electrons. The van der Waals surface area contributed by atoms with Crippen molar-refractivity contribution < 1.29 is 9.53 Å². The number of esters is 1. The van der Waals surface area contributed by atoms with Crippen LogP contribution in [0.2, 0.25) is 0 Å². The van der Waals surface area contributed by atoms with Crippen LogP contribution in [0.25, 0.3) is 10.2 Å². The molecule has 2 aromatic rings. The van der Waals surface area contributed by atoms with Crippen molar-refractivity contribution in [2.75, 3.05) is 7.11 Å². The molecular formula is C8H5BrN2O2S. The van der Waals surface area contributed by atoms with Crippen molar-refractivity contribution in [3.63, 3.8) is 0 Å². The van der Waals surface area contributed by atoms with Gasteiger partial charge in [0, 0.05) is 6.20 Å². The van der Waals surface area contributed by atoms with Crippen molar-refractivity contribution >= 4 is 43.5 Å². The molecule has 2 aromatic heterocycles. The van der Waals surface area contributed by atoms with Crippen LogP contribution in [0.4, 0.5) is 0 Å². The Balaban J connectivity index is 2.55. The molecule has 0 saturated carbocycles. The molecule has 6 heteroatoms. The van der Waals surface area contributed by atoms with Gasteiger partial charge in [-0.1, -0.05) is 0 Å². The summed E-state index contributed by atoms with van der Waals surface area (Å²) in [5, 5.41) is 0. The monoisotopic (exact) mass is 272 g/mol. The summed E-state index contributed by atoms with van der Waals surface area (Å²) >= 11 is 4.74. The van der Waals surface area contributed by atoms with Gasteiger partial charge in [0.1, 0.15) is 0 Å². The van der Waals surface area contributed by atoms with Gasteiger partial charge < -0.3 is 4.74 Å². The van der Waals surface area contributed by atoms with Crippen LogP contribution in [0.15, 0.2) is 16.2 Å². The van der Waals surface area contributed by atoms with Crippen LogP contribution < -0.4 is 0 Å². The Labute approximate surface area is 92.1 Å². The van der Waals surface area contributed by atoms with Crippen LogP contribution in [0.1, 0.15) is 10.5 Å². The van der Waals surface area contributed by atoms with Crippen molar-refractivity contribution in [3.8, 4) is 0 Å². The lowest BCUT2D eigenvalue weighted by Crippen LogP contribution is -2.03. The molecule has 0 N–H and O–H groups in total. The first kappa shape index (κ1) is 9.54. The average molecular weight is 273 g/mol. The second-order valence-corrected chi connectivity index (χ2v) is 4.80. The largest absolute Gasteiger partial charge is 0.464 e. The summed E-state index contributed by atoms with van der Waals surface area (Å²) in [7, 11) is 1.32. The summed E-state index contributed by atoms with van der Waals surface area (Å²) in [5.74, 6) is -0.448. The molecule has 2 rings (SSSR count). The quantitative estimate of drug-likeness (QED) is 0.748. The number of halogens is 1. The third-order valence-electron chi connectivity index (χ3n) is 1.64. The highest BCUT2D eigenvalue weighted by molar-refractivity contribution is 9.11. The van der Waals surface area contributed by atoms with E-state index in [4.69, 9.17) is 0 Å². The Kier molecular flexibility index (Phi) is 2.47. The number of hydrogen-bond donors (Lipinski definition) is 0. The van der Waals surface area contributed by atoms with E-state index in [1.807, 2.05) is 0 Å². The SMILES string of the molecule is COC(=O)c1cc2nc(Br)sc2cn1. The molecule has 2 heterocycles. The van der Waals surface area contributed by atoms with Crippen molar-refractivity contribution in [2.45, 2.75) is 0 Å². The molecule has 4 nitrogen and oxygen atoms in total. The highest BCUT2D eigenvalue weighted by Crippen LogP contribution is 2.25. The van der Waals surface area contributed by atoms with Gasteiger partial charge in [-0.15, -0.1) is 11.3 Å². The summed E-state index contributed by atoms with van der Waals surface area (Å²) < 4.78 is 6.26.